The van der Waals surface area contributed by atoms with Gasteiger partial charge in [0.15, 0.2) is 0 Å². The smallest absolute Gasteiger partial charge is 0.241 e. The lowest BCUT2D eigenvalue weighted by Crippen LogP contribution is -2.41. The van der Waals surface area contributed by atoms with E-state index in [9.17, 15) is 8.42 Å². The summed E-state index contributed by atoms with van der Waals surface area (Å²) in [6.07, 6.45) is 3.79. The van der Waals surface area contributed by atoms with Crippen LogP contribution in [-0.2, 0) is 10.0 Å². The molecule has 2 heterocycles. The summed E-state index contributed by atoms with van der Waals surface area (Å²) in [6.45, 7) is 4.69. The van der Waals surface area contributed by atoms with Crippen LogP contribution in [0.25, 0.3) is 0 Å². The van der Waals surface area contributed by atoms with Gasteiger partial charge in [-0.05, 0) is 38.9 Å². The highest BCUT2D eigenvalue weighted by atomic mass is 32.2. The van der Waals surface area contributed by atoms with Gasteiger partial charge in [0.2, 0.25) is 10.0 Å². The summed E-state index contributed by atoms with van der Waals surface area (Å²) >= 11 is 0. The second-order valence-corrected chi connectivity index (χ2v) is 6.77. The maximum Gasteiger partial charge on any atom is 0.241 e. The zero-order chi connectivity index (χ0) is 14.6. The first-order valence-electron chi connectivity index (χ1n) is 6.68. The molecule has 1 unspecified atom stereocenters. The molecule has 1 saturated heterocycles. The Balaban J connectivity index is 2.01. The number of anilines is 1. The summed E-state index contributed by atoms with van der Waals surface area (Å²) in [6, 6.07) is 2.72. The van der Waals surface area contributed by atoms with Gasteiger partial charge in [0.1, 0.15) is 5.82 Å². The lowest BCUT2D eigenvalue weighted by atomic mass is 10.3. The SMILES string of the molecule is CC(CN1CCCC1)NS(=O)(=O)c1ccnc(NN)c1. The maximum absolute atomic E-state index is 12.3. The molecule has 7 nitrogen and oxygen atoms in total. The fourth-order valence-electron chi connectivity index (χ4n) is 2.38. The van der Waals surface area contributed by atoms with Crippen molar-refractivity contribution in [3.05, 3.63) is 18.3 Å². The molecule has 0 aromatic carbocycles. The Hall–Kier alpha value is -1.22. The van der Waals surface area contributed by atoms with E-state index in [4.69, 9.17) is 5.84 Å². The Morgan fingerprint density at radius 2 is 2.15 bits per heavy atom. The Kier molecular flexibility index (Phi) is 4.92. The predicted octanol–water partition coefficient (Wildman–Crippen LogP) is 0.130. The third-order valence-corrected chi connectivity index (χ3v) is 4.86. The van der Waals surface area contributed by atoms with Crippen LogP contribution in [0.4, 0.5) is 5.82 Å². The molecule has 0 saturated carbocycles. The standard InChI is InChI=1S/C12H21N5O2S/c1-10(9-17-6-2-3-7-17)16-20(18,19)11-4-5-14-12(8-11)15-13/h4-5,8,10,16H,2-3,6-7,9,13H2,1H3,(H,14,15). The first-order valence-corrected chi connectivity index (χ1v) is 8.17. The zero-order valence-corrected chi connectivity index (χ0v) is 12.4. The molecular weight excluding hydrogens is 278 g/mol. The van der Waals surface area contributed by atoms with Crippen molar-refractivity contribution in [1.82, 2.24) is 14.6 Å². The molecule has 1 atom stereocenters. The predicted molar refractivity (Wildman–Crippen MR) is 77.5 cm³/mol. The van der Waals surface area contributed by atoms with Crippen LogP contribution in [0.15, 0.2) is 23.2 Å². The minimum atomic E-state index is -3.55. The molecule has 0 spiro atoms. The lowest BCUT2D eigenvalue weighted by Gasteiger charge is -2.21. The number of rotatable bonds is 6. The van der Waals surface area contributed by atoms with Crippen LogP contribution in [0, 0.1) is 0 Å². The minimum Gasteiger partial charge on any atom is -0.308 e. The van der Waals surface area contributed by atoms with Crippen LogP contribution < -0.4 is 16.0 Å². The van der Waals surface area contributed by atoms with Crippen molar-refractivity contribution in [1.29, 1.82) is 0 Å². The van der Waals surface area contributed by atoms with Crippen LogP contribution in [0.5, 0.6) is 0 Å². The van der Waals surface area contributed by atoms with E-state index in [1.54, 1.807) is 0 Å². The minimum absolute atomic E-state index is 0.138. The molecule has 0 radical (unpaired) electrons. The van der Waals surface area contributed by atoms with Gasteiger partial charge >= 0.3 is 0 Å². The average molecular weight is 299 g/mol. The number of nitrogens with two attached hydrogens (primary N) is 1. The molecule has 0 amide bonds. The molecule has 1 fully saturated rings. The molecule has 1 aliphatic heterocycles. The van der Waals surface area contributed by atoms with E-state index in [1.165, 1.54) is 31.2 Å². The summed E-state index contributed by atoms with van der Waals surface area (Å²) in [5.74, 6) is 5.56. The molecule has 0 aliphatic carbocycles. The van der Waals surface area contributed by atoms with E-state index >= 15 is 0 Å². The summed E-state index contributed by atoms with van der Waals surface area (Å²) in [7, 11) is -3.55. The van der Waals surface area contributed by atoms with E-state index in [1.807, 2.05) is 6.92 Å². The highest BCUT2D eigenvalue weighted by molar-refractivity contribution is 7.89. The third kappa shape index (κ3) is 3.89. The van der Waals surface area contributed by atoms with E-state index in [0.717, 1.165) is 19.6 Å². The number of pyridine rings is 1. The van der Waals surface area contributed by atoms with Gasteiger partial charge in [-0.1, -0.05) is 0 Å². The van der Waals surface area contributed by atoms with Gasteiger partial charge in [-0.3, -0.25) is 0 Å². The third-order valence-electron chi connectivity index (χ3n) is 3.28. The number of nitrogen functional groups attached to an aromatic ring is 1. The molecule has 1 aliphatic rings. The van der Waals surface area contributed by atoms with Crippen molar-refractivity contribution in [2.75, 3.05) is 25.1 Å². The number of hydrogen-bond donors (Lipinski definition) is 3. The molecule has 8 heteroatoms. The van der Waals surface area contributed by atoms with Gasteiger partial charge in [-0.25, -0.2) is 24.0 Å². The molecule has 1 aromatic rings. The van der Waals surface area contributed by atoms with Crippen molar-refractivity contribution >= 4 is 15.8 Å². The maximum atomic E-state index is 12.3. The van der Waals surface area contributed by atoms with E-state index in [0.29, 0.717) is 5.82 Å². The lowest BCUT2D eigenvalue weighted by molar-refractivity contribution is 0.313. The molecule has 4 N–H and O–H groups in total. The van der Waals surface area contributed by atoms with E-state index < -0.39 is 10.0 Å². The summed E-state index contributed by atoms with van der Waals surface area (Å²) < 4.78 is 27.2. The van der Waals surface area contributed by atoms with Gasteiger partial charge in [0, 0.05) is 24.8 Å². The van der Waals surface area contributed by atoms with Crippen LogP contribution in [-0.4, -0.2) is 44.0 Å². The Labute approximate surface area is 119 Å². The quantitative estimate of drug-likeness (QED) is 0.510. The molecular formula is C12H21N5O2S. The topological polar surface area (TPSA) is 100 Å². The van der Waals surface area contributed by atoms with Crippen LogP contribution in [0.2, 0.25) is 0 Å². The molecule has 112 valence electrons. The largest absolute Gasteiger partial charge is 0.308 e. The fourth-order valence-corrected chi connectivity index (χ4v) is 3.63. The molecule has 0 bridgehead atoms. The van der Waals surface area contributed by atoms with Gasteiger partial charge in [-0.15, -0.1) is 0 Å². The first kappa shape index (κ1) is 15.2. The van der Waals surface area contributed by atoms with Crippen molar-refractivity contribution in [3.8, 4) is 0 Å². The number of hydrazine groups is 1. The summed E-state index contributed by atoms with van der Waals surface area (Å²) in [5.41, 5.74) is 2.34. The average Bonchev–Trinajstić information content (AvgIpc) is 2.91. The highest BCUT2D eigenvalue weighted by Crippen LogP contribution is 2.13. The fraction of sp³-hybridized carbons (Fsp3) is 0.583. The molecule has 2 rings (SSSR count). The van der Waals surface area contributed by atoms with Crippen LogP contribution in [0.1, 0.15) is 19.8 Å². The number of nitrogens with one attached hydrogen (secondary N) is 2. The van der Waals surface area contributed by atoms with Gasteiger partial charge in [0.05, 0.1) is 4.90 Å². The van der Waals surface area contributed by atoms with Crippen molar-refractivity contribution in [3.63, 3.8) is 0 Å². The summed E-state index contributed by atoms with van der Waals surface area (Å²) in [4.78, 5) is 6.33. The van der Waals surface area contributed by atoms with Crippen LogP contribution in [0.3, 0.4) is 0 Å². The Bertz CT molecular complexity index is 543. The Morgan fingerprint density at radius 1 is 1.45 bits per heavy atom. The summed E-state index contributed by atoms with van der Waals surface area (Å²) in [5, 5.41) is 0. The monoisotopic (exact) mass is 299 g/mol. The molecule has 1 aromatic heterocycles. The Morgan fingerprint density at radius 3 is 2.80 bits per heavy atom. The van der Waals surface area contributed by atoms with Gasteiger partial charge < -0.3 is 10.3 Å². The van der Waals surface area contributed by atoms with Gasteiger partial charge in [-0.2, -0.15) is 0 Å². The van der Waals surface area contributed by atoms with E-state index in [-0.39, 0.29) is 10.9 Å². The number of likely N-dealkylation sites (tertiary alicyclic amines) is 1. The highest BCUT2D eigenvalue weighted by Gasteiger charge is 2.21. The van der Waals surface area contributed by atoms with Gasteiger partial charge in [0.25, 0.3) is 0 Å². The normalized spacial score (nSPS) is 18.1. The number of nitrogens with zero attached hydrogens (tertiary/aromatic N) is 2. The van der Waals surface area contributed by atoms with Crippen molar-refractivity contribution < 1.29 is 8.42 Å². The second-order valence-electron chi connectivity index (χ2n) is 5.05. The van der Waals surface area contributed by atoms with Crippen LogP contribution >= 0.6 is 0 Å². The van der Waals surface area contributed by atoms with Crippen molar-refractivity contribution in [2.45, 2.75) is 30.7 Å². The van der Waals surface area contributed by atoms with E-state index in [2.05, 4.69) is 20.0 Å². The molecule has 20 heavy (non-hydrogen) atoms. The van der Waals surface area contributed by atoms with Crippen molar-refractivity contribution in [2.24, 2.45) is 5.84 Å². The zero-order valence-electron chi connectivity index (χ0n) is 11.5. The number of aromatic nitrogens is 1. The number of hydrogen-bond acceptors (Lipinski definition) is 6. The number of sulfonamides is 1. The second kappa shape index (κ2) is 6.49. The first-order chi connectivity index (χ1) is 9.51.